The molecule has 1 aromatic rings. The minimum atomic E-state index is 0.457. The molecule has 3 nitrogen and oxygen atoms in total. The first-order chi connectivity index (χ1) is 6.58. The molecule has 0 aromatic carbocycles. The van der Waals surface area contributed by atoms with E-state index in [4.69, 9.17) is 5.73 Å². The van der Waals surface area contributed by atoms with E-state index in [2.05, 4.69) is 31.1 Å². The van der Waals surface area contributed by atoms with Gasteiger partial charge in [0.25, 0.3) is 0 Å². The third-order valence-electron chi connectivity index (χ3n) is 2.00. The van der Waals surface area contributed by atoms with Crippen molar-refractivity contribution >= 4 is 11.4 Å². The molecular formula is C11H19N3. The number of anilines is 2. The lowest BCUT2D eigenvalue weighted by atomic mass is 10.1. The second-order valence-electron chi connectivity index (χ2n) is 4.18. The van der Waals surface area contributed by atoms with Crippen molar-refractivity contribution in [1.82, 2.24) is 4.98 Å². The summed E-state index contributed by atoms with van der Waals surface area (Å²) in [4.78, 5) is 4.03. The second-order valence-corrected chi connectivity index (χ2v) is 4.18. The zero-order chi connectivity index (χ0) is 10.6. The van der Waals surface area contributed by atoms with E-state index in [1.807, 2.05) is 6.07 Å². The van der Waals surface area contributed by atoms with E-state index < -0.39 is 0 Å². The first-order valence-corrected chi connectivity index (χ1v) is 5.05. The third-order valence-corrected chi connectivity index (χ3v) is 2.00. The van der Waals surface area contributed by atoms with Crippen LogP contribution in [0.1, 0.15) is 27.2 Å². The van der Waals surface area contributed by atoms with Gasteiger partial charge in [0.15, 0.2) is 0 Å². The van der Waals surface area contributed by atoms with Crippen LogP contribution in [0.5, 0.6) is 0 Å². The summed E-state index contributed by atoms with van der Waals surface area (Å²) in [7, 11) is 0. The number of nitrogens with one attached hydrogen (secondary N) is 1. The van der Waals surface area contributed by atoms with Gasteiger partial charge in [-0.1, -0.05) is 13.8 Å². The van der Waals surface area contributed by atoms with Crippen LogP contribution in [-0.4, -0.2) is 11.0 Å². The normalized spacial score (nSPS) is 12.9. The molecule has 1 unspecified atom stereocenters. The van der Waals surface area contributed by atoms with Crippen LogP contribution in [0.2, 0.25) is 0 Å². The minimum absolute atomic E-state index is 0.457. The molecule has 0 bridgehead atoms. The molecule has 0 aliphatic rings. The molecule has 0 aliphatic heterocycles. The Bertz CT molecular complexity index is 284. The number of nitrogens with zero attached hydrogens (tertiary/aromatic N) is 1. The smallest absolute Gasteiger partial charge is 0.0549 e. The summed E-state index contributed by atoms with van der Waals surface area (Å²) in [6, 6.07) is 2.36. The molecule has 0 saturated heterocycles. The van der Waals surface area contributed by atoms with Gasteiger partial charge < -0.3 is 11.1 Å². The van der Waals surface area contributed by atoms with Gasteiger partial charge in [0.1, 0.15) is 0 Å². The zero-order valence-electron chi connectivity index (χ0n) is 9.12. The van der Waals surface area contributed by atoms with Crippen molar-refractivity contribution in [2.24, 2.45) is 5.92 Å². The Hall–Kier alpha value is -1.25. The second kappa shape index (κ2) is 4.84. The molecule has 1 rings (SSSR count). The lowest BCUT2D eigenvalue weighted by molar-refractivity contribution is 0.539. The predicted molar refractivity (Wildman–Crippen MR) is 61.2 cm³/mol. The first-order valence-electron chi connectivity index (χ1n) is 5.05. The van der Waals surface area contributed by atoms with Crippen molar-refractivity contribution in [3.63, 3.8) is 0 Å². The highest BCUT2D eigenvalue weighted by atomic mass is 14.9. The van der Waals surface area contributed by atoms with Crippen molar-refractivity contribution in [3.05, 3.63) is 18.5 Å². The van der Waals surface area contributed by atoms with Crippen molar-refractivity contribution in [1.29, 1.82) is 0 Å². The Kier molecular flexibility index (Phi) is 3.74. The van der Waals surface area contributed by atoms with Crippen molar-refractivity contribution in [3.8, 4) is 0 Å². The molecule has 14 heavy (non-hydrogen) atoms. The number of aromatic nitrogens is 1. The fourth-order valence-electron chi connectivity index (χ4n) is 1.59. The molecule has 0 aliphatic carbocycles. The van der Waals surface area contributed by atoms with Gasteiger partial charge in [0.2, 0.25) is 0 Å². The third kappa shape index (κ3) is 3.64. The van der Waals surface area contributed by atoms with Crippen molar-refractivity contribution in [2.75, 3.05) is 11.1 Å². The Labute approximate surface area is 85.7 Å². The monoisotopic (exact) mass is 193 g/mol. The van der Waals surface area contributed by atoms with Gasteiger partial charge in [-0.3, -0.25) is 4.98 Å². The van der Waals surface area contributed by atoms with Crippen LogP contribution >= 0.6 is 0 Å². The van der Waals surface area contributed by atoms with Gasteiger partial charge in [0.05, 0.1) is 17.6 Å². The zero-order valence-corrected chi connectivity index (χ0v) is 9.12. The van der Waals surface area contributed by atoms with Gasteiger partial charge in [-0.15, -0.1) is 0 Å². The fraction of sp³-hybridized carbons (Fsp3) is 0.545. The number of hydrogen-bond acceptors (Lipinski definition) is 3. The highest BCUT2D eigenvalue weighted by molar-refractivity contribution is 5.51. The van der Waals surface area contributed by atoms with E-state index in [1.54, 1.807) is 12.4 Å². The van der Waals surface area contributed by atoms with E-state index >= 15 is 0 Å². The maximum absolute atomic E-state index is 5.63. The molecule has 0 radical (unpaired) electrons. The van der Waals surface area contributed by atoms with E-state index in [0.29, 0.717) is 17.6 Å². The number of nitrogen functional groups attached to an aromatic ring is 1. The summed E-state index contributed by atoms with van der Waals surface area (Å²) in [5, 5.41) is 3.37. The number of hydrogen-bond donors (Lipinski definition) is 2. The predicted octanol–water partition coefficient (Wildman–Crippen LogP) is 2.51. The van der Waals surface area contributed by atoms with Gasteiger partial charge in [0, 0.05) is 12.2 Å². The molecule has 1 aromatic heterocycles. The van der Waals surface area contributed by atoms with Crippen LogP contribution in [0.4, 0.5) is 11.4 Å². The van der Waals surface area contributed by atoms with Gasteiger partial charge >= 0.3 is 0 Å². The molecule has 78 valence electrons. The summed E-state index contributed by atoms with van der Waals surface area (Å²) < 4.78 is 0. The molecule has 3 N–H and O–H groups in total. The average Bonchev–Trinajstić information content (AvgIpc) is 2.01. The lowest BCUT2D eigenvalue weighted by Gasteiger charge is -2.16. The van der Waals surface area contributed by atoms with Gasteiger partial charge in [-0.2, -0.15) is 0 Å². The van der Waals surface area contributed by atoms with Crippen LogP contribution in [0.25, 0.3) is 0 Å². The average molecular weight is 193 g/mol. The fourth-order valence-corrected chi connectivity index (χ4v) is 1.59. The lowest BCUT2D eigenvalue weighted by Crippen LogP contribution is -2.17. The highest BCUT2D eigenvalue weighted by Gasteiger charge is 2.04. The van der Waals surface area contributed by atoms with Crippen LogP contribution in [0.15, 0.2) is 18.5 Å². The van der Waals surface area contributed by atoms with Crippen LogP contribution < -0.4 is 11.1 Å². The molecule has 0 saturated carbocycles. The summed E-state index contributed by atoms with van der Waals surface area (Å²) in [6.45, 7) is 6.61. The maximum Gasteiger partial charge on any atom is 0.0549 e. The van der Waals surface area contributed by atoms with Crippen molar-refractivity contribution < 1.29 is 0 Å². The summed E-state index contributed by atoms with van der Waals surface area (Å²) in [6.07, 6.45) is 4.60. The summed E-state index contributed by atoms with van der Waals surface area (Å²) >= 11 is 0. The molecule has 0 amide bonds. The Morgan fingerprint density at radius 2 is 2.07 bits per heavy atom. The molecule has 1 atom stereocenters. The Morgan fingerprint density at radius 3 is 2.64 bits per heavy atom. The summed E-state index contributed by atoms with van der Waals surface area (Å²) in [5.74, 6) is 0.700. The van der Waals surface area contributed by atoms with Gasteiger partial charge in [-0.25, -0.2) is 0 Å². The molecule has 3 heteroatoms. The van der Waals surface area contributed by atoms with Crippen LogP contribution in [-0.2, 0) is 0 Å². The first kappa shape index (κ1) is 10.8. The number of nitrogens with two attached hydrogens (primary N) is 1. The topological polar surface area (TPSA) is 50.9 Å². The van der Waals surface area contributed by atoms with E-state index in [9.17, 15) is 0 Å². The number of pyridine rings is 1. The van der Waals surface area contributed by atoms with Crippen LogP contribution in [0, 0.1) is 5.92 Å². The summed E-state index contributed by atoms with van der Waals surface area (Å²) in [5.41, 5.74) is 7.33. The van der Waals surface area contributed by atoms with E-state index in [-0.39, 0.29) is 0 Å². The van der Waals surface area contributed by atoms with E-state index in [1.165, 1.54) is 0 Å². The molecule has 1 heterocycles. The Morgan fingerprint density at radius 1 is 1.36 bits per heavy atom. The van der Waals surface area contributed by atoms with Gasteiger partial charge in [-0.05, 0) is 25.3 Å². The Balaban J connectivity index is 2.51. The SMILES string of the molecule is CC(C)CC(C)Nc1cncc(N)c1. The van der Waals surface area contributed by atoms with Crippen LogP contribution in [0.3, 0.4) is 0 Å². The standard InChI is InChI=1S/C11H19N3/c1-8(2)4-9(3)14-11-5-10(12)6-13-7-11/h5-9,14H,4,12H2,1-3H3. The van der Waals surface area contributed by atoms with E-state index in [0.717, 1.165) is 12.1 Å². The van der Waals surface area contributed by atoms with Crippen molar-refractivity contribution in [2.45, 2.75) is 33.2 Å². The highest BCUT2D eigenvalue weighted by Crippen LogP contribution is 2.13. The molecule has 0 fully saturated rings. The molecular weight excluding hydrogens is 174 g/mol. The maximum atomic E-state index is 5.63. The number of rotatable bonds is 4. The molecule has 0 spiro atoms. The quantitative estimate of drug-likeness (QED) is 0.772. The largest absolute Gasteiger partial charge is 0.397 e. The minimum Gasteiger partial charge on any atom is -0.397 e.